The standard InChI is InChI=1S/C14H20N2O2/c1-14(15,13(17)18)12-7-8-16(10-12)9-11-5-3-2-4-6-11/h2-6,12H,7-10,15H2,1H3,(H,17,18). The molecule has 3 N–H and O–H groups in total. The third kappa shape index (κ3) is 2.71. The van der Waals surface area contributed by atoms with E-state index in [9.17, 15) is 4.79 Å². The molecular weight excluding hydrogens is 228 g/mol. The molecule has 0 radical (unpaired) electrons. The van der Waals surface area contributed by atoms with Crippen LogP contribution in [0.5, 0.6) is 0 Å². The van der Waals surface area contributed by atoms with Crippen LogP contribution in [0.2, 0.25) is 0 Å². The van der Waals surface area contributed by atoms with Crippen LogP contribution in [0.3, 0.4) is 0 Å². The Kier molecular flexibility index (Phi) is 3.68. The highest BCUT2D eigenvalue weighted by Gasteiger charge is 2.41. The molecule has 0 aliphatic carbocycles. The molecule has 98 valence electrons. The van der Waals surface area contributed by atoms with Gasteiger partial charge in [0.05, 0.1) is 0 Å². The van der Waals surface area contributed by atoms with Crippen LogP contribution in [-0.2, 0) is 11.3 Å². The van der Waals surface area contributed by atoms with Crippen LogP contribution in [0, 0.1) is 5.92 Å². The van der Waals surface area contributed by atoms with E-state index in [1.54, 1.807) is 6.92 Å². The van der Waals surface area contributed by atoms with Gasteiger partial charge in [-0.1, -0.05) is 30.3 Å². The molecule has 1 fully saturated rings. The maximum atomic E-state index is 11.1. The van der Waals surface area contributed by atoms with Crippen molar-refractivity contribution in [2.75, 3.05) is 13.1 Å². The molecule has 1 aromatic rings. The number of hydrogen-bond acceptors (Lipinski definition) is 3. The van der Waals surface area contributed by atoms with Gasteiger partial charge < -0.3 is 10.8 Å². The van der Waals surface area contributed by atoms with Gasteiger partial charge in [-0.3, -0.25) is 9.69 Å². The van der Waals surface area contributed by atoms with Crippen molar-refractivity contribution in [2.24, 2.45) is 11.7 Å². The van der Waals surface area contributed by atoms with Crippen molar-refractivity contribution in [1.82, 2.24) is 4.90 Å². The van der Waals surface area contributed by atoms with Gasteiger partial charge in [0.2, 0.25) is 0 Å². The third-order valence-electron chi connectivity index (χ3n) is 3.83. The Hall–Kier alpha value is -1.39. The van der Waals surface area contributed by atoms with Gasteiger partial charge in [0.15, 0.2) is 0 Å². The second-order valence-corrected chi connectivity index (χ2v) is 5.29. The van der Waals surface area contributed by atoms with Gasteiger partial charge in [-0.15, -0.1) is 0 Å². The van der Waals surface area contributed by atoms with Crippen LogP contribution in [0.4, 0.5) is 0 Å². The Morgan fingerprint density at radius 2 is 2.17 bits per heavy atom. The maximum Gasteiger partial charge on any atom is 0.323 e. The van der Waals surface area contributed by atoms with Crippen LogP contribution in [-0.4, -0.2) is 34.6 Å². The second-order valence-electron chi connectivity index (χ2n) is 5.29. The number of nitrogens with two attached hydrogens (primary N) is 1. The second kappa shape index (κ2) is 5.08. The van der Waals surface area contributed by atoms with Crippen molar-refractivity contribution in [3.8, 4) is 0 Å². The molecule has 4 heteroatoms. The van der Waals surface area contributed by atoms with Crippen LogP contribution in [0.1, 0.15) is 18.9 Å². The summed E-state index contributed by atoms with van der Waals surface area (Å²) in [6.45, 7) is 4.16. The summed E-state index contributed by atoms with van der Waals surface area (Å²) < 4.78 is 0. The molecule has 1 aliphatic rings. The number of rotatable bonds is 4. The van der Waals surface area contributed by atoms with E-state index < -0.39 is 11.5 Å². The summed E-state index contributed by atoms with van der Waals surface area (Å²) in [5.74, 6) is -0.882. The maximum absolute atomic E-state index is 11.1. The first kappa shape index (κ1) is 13.1. The summed E-state index contributed by atoms with van der Waals surface area (Å²) in [6, 6.07) is 10.2. The molecule has 2 atom stereocenters. The predicted molar refractivity (Wildman–Crippen MR) is 70.1 cm³/mol. The largest absolute Gasteiger partial charge is 0.480 e. The first-order valence-corrected chi connectivity index (χ1v) is 6.28. The topological polar surface area (TPSA) is 66.6 Å². The van der Waals surface area contributed by atoms with Crippen molar-refractivity contribution in [3.05, 3.63) is 35.9 Å². The van der Waals surface area contributed by atoms with Crippen LogP contribution >= 0.6 is 0 Å². The lowest BCUT2D eigenvalue weighted by atomic mass is 9.86. The van der Waals surface area contributed by atoms with Gasteiger partial charge in [-0.25, -0.2) is 0 Å². The normalized spacial score (nSPS) is 23.8. The van der Waals surface area contributed by atoms with Gasteiger partial charge in [-0.05, 0) is 25.5 Å². The number of aliphatic carboxylic acids is 1. The average molecular weight is 248 g/mol. The van der Waals surface area contributed by atoms with Gasteiger partial charge in [0.1, 0.15) is 5.54 Å². The summed E-state index contributed by atoms with van der Waals surface area (Å²) >= 11 is 0. The monoisotopic (exact) mass is 248 g/mol. The smallest absolute Gasteiger partial charge is 0.323 e. The highest BCUT2D eigenvalue weighted by molar-refractivity contribution is 5.78. The molecule has 1 aromatic carbocycles. The molecule has 2 rings (SSSR count). The molecule has 1 aliphatic heterocycles. The van der Waals surface area contributed by atoms with Crippen LogP contribution < -0.4 is 5.73 Å². The summed E-state index contributed by atoms with van der Waals surface area (Å²) in [4.78, 5) is 13.4. The predicted octanol–water partition coefficient (Wildman–Crippen LogP) is 1.31. The Morgan fingerprint density at radius 1 is 1.50 bits per heavy atom. The highest BCUT2D eigenvalue weighted by atomic mass is 16.4. The fourth-order valence-electron chi connectivity index (χ4n) is 2.48. The minimum Gasteiger partial charge on any atom is -0.480 e. The Balaban J connectivity index is 1.95. The van der Waals surface area contributed by atoms with Gasteiger partial charge in [-0.2, -0.15) is 0 Å². The van der Waals surface area contributed by atoms with Crippen molar-refractivity contribution >= 4 is 5.97 Å². The first-order chi connectivity index (χ1) is 8.50. The minimum atomic E-state index is -1.12. The van der Waals surface area contributed by atoms with E-state index in [-0.39, 0.29) is 5.92 Å². The number of nitrogens with zero attached hydrogens (tertiary/aromatic N) is 1. The van der Waals surface area contributed by atoms with E-state index in [2.05, 4.69) is 17.0 Å². The fraction of sp³-hybridized carbons (Fsp3) is 0.500. The number of carbonyl (C=O) groups is 1. The highest BCUT2D eigenvalue weighted by Crippen LogP contribution is 2.27. The zero-order valence-electron chi connectivity index (χ0n) is 10.7. The van der Waals surface area contributed by atoms with Crippen LogP contribution in [0.15, 0.2) is 30.3 Å². The SMILES string of the molecule is CC(N)(C(=O)O)C1CCN(Cc2ccccc2)C1. The fourth-order valence-corrected chi connectivity index (χ4v) is 2.48. The lowest BCUT2D eigenvalue weighted by Crippen LogP contribution is -2.52. The Labute approximate surface area is 107 Å². The molecule has 4 nitrogen and oxygen atoms in total. The number of hydrogen-bond donors (Lipinski definition) is 2. The molecule has 1 heterocycles. The average Bonchev–Trinajstić information content (AvgIpc) is 2.79. The summed E-state index contributed by atoms with van der Waals surface area (Å²) in [7, 11) is 0. The summed E-state index contributed by atoms with van der Waals surface area (Å²) in [5, 5.41) is 9.13. The zero-order chi connectivity index (χ0) is 13.2. The molecule has 2 unspecified atom stereocenters. The van der Waals surface area contributed by atoms with Gasteiger partial charge in [0, 0.05) is 19.0 Å². The van der Waals surface area contributed by atoms with Crippen molar-refractivity contribution in [1.29, 1.82) is 0 Å². The molecule has 0 bridgehead atoms. The van der Waals surface area contributed by atoms with E-state index in [0.29, 0.717) is 0 Å². The first-order valence-electron chi connectivity index (χ1n) is 6.28. The Morgan fingerprint density at radius 3 is 2.78 bits per heavy atom. The molecule has 0 amide bonds. The molecule has 0 spiro atoms. The number of likely N-dealkylation sites (tertiary alicyclic amines) is 1. The summed E-state index contributed by atoms with van der Waals surface area (Å²) in [6.07, 6.45) is 0.853. The number of benzene rings is 1. The number of carboxylic acid groups (broad SMARTS) is 1. The quantitative estimate of drug-likeness (QED) is 0.843. The minimum absolute atomic E-state index is 0.0266. The summed E-state index contributed by atoms with van der Waals surface area (Å²) in [5.41, 5.74) is 6.03. The van der Waals surface area contributed by atoms with Crippen molar-refractivity contribution in [2.45, 2.75) is 25.4 Å². The molecule has 0 saturated carbocycles. The molecule has 1 saturated heterocycles. The van der Waals surface area contributed by atoms with Gasteiger partial charge >= 0.3 is 5.97 Å². The lowest BCUT2D eigenvalue weighted by molar-refractivity contribution is -0.144. The molecule has 0 aromatic heterocycles. The van der Waals surface area contributed by atoms with Crippen molar-refractivity contribution in [3.63, 3.8) is 0 Å². The van der Waals surface area contributed by atoms with E-state index in [4.69, 9.17) is 10.8 Å². The lowest BCUT2D eigenvalue weighted by Gasteiger charge is -2.26. The Bertz CT molecular complexity index is 417. The molecular formula is C14H20N2O2. The zero-order valence-corrected chi connectivity index (χ0v) is 10.7. The van der Waals surface area contributed by atoms with E-state index in [1.807, 2.05) is 18.2 Å². The van der Waals surface area contributed by atoms with Crippen molar-refractivity contribution < 1.29 is 9.90 Å². The third-order valence-corrected chi connectivity index (χ3v) is 3.83. The van der Waals surface area contributed by atoms with E-state index in [1.165, 1.54) is 5.56 Å². The van der Waals surface area contributed by atoms with E-state index >= 15 is 0 Å². The molecule has 18 heavy (non-hydrogen) atoms. The van der Waals surface area contributed by atoms with E-state index in [0.717, 1.165) is 26.1 Å². The van der Waals surface area contributed by atoms with Gasteiger partial charge in [0.25, 0.3) is 0 Å². The number of carboxylic acids is 1. The van der Waals surface area contributed by atoms with Crippen LogP contribution in [0.25, 0.3) is 0 Å².